The Morgan fingerprint density at radius 3 is 2.35 bits per heavy atom. The van der Waals surface area contributed by atoms with Crippen LogP contribution in [0.3, 0.4) is 0 Å². The number of ether oxygens (including phenoxy) is 1. The quantitative estimate of drug-likeness (QED) is 0.161. The van der Waals surface area contributed by atoms with Crippen LogP contribution < -0.4 is 4.74 Å². The van der Waals surface area contributed by atoms with Crippen molar-refractivity contribution in [3.8, 4) is 5.75 Å². The Morgan fingerprint density at radius 1 is 1.40 bits per heavy atom. The highest BCUT2D eigenvalue weighted by Gasteiger charge is 2.46. The molecule has 11 heteroatoms. The highest BCUT2D eigenvalue weighted by Crippen LogP contribution is 2.25. The van der Waals surface area contributed by atoms with E-state index in [1.807, 2.05) is 4.91 Å². The second-order valence-corrected chi connectivity index (χ2v) is 3.32. The van der Waals surface area contributed by atoms with Crippen LogP contribution in [0.15, 0.2) is 29.4 Å². The molecule has 1 aromatic rings. The predicted octanol–water partition coefficient (Wildman–Crippen LogP) is 2.74. The molecule has 1 aromatic carbocycles. The summed E-state index contributed by atoms with van der Waals surface area (Å²) >= 11 is 0. The minimum atomic E-state index is -5.09. The molecule has 20 heavy (non-hydrogen) atoms. The average molecular weight is 290 g/mol. The van der Waals surface area contributed by atoms with Crippen molar-refractivity contribution in [1.82, 2.24) is 0 Å². The van der Waals surface area contributed by atoms with Gasteiger partial charge in [0.15, 0.2) is 0 Å². The molecule has 0 saturated heterocycles. The van der Waals surface area contributed by atoms with Crippen LogP contribution in [0.5, 0.6) is 5.75 Å². The van der Waals surface area contributed by atoms with E-state index in [1.54, 1.807) is 0 Å². The number of halogens is 3. The second-order valence-electron chi connectivity index (χ2n) is 3.32. The number of benzene rings is 1. The molecule has 8 nitrogen and oxygen atoms in total. The van der Waals surface area contributed by atoms with Crippen molar-refractivity contribution in [3.05, 3.63) is 44.8 Å². The molecule has 0 aliphatic heterocycles. The number of hydrogen-bond donors (Lipinski definition) is 0. The van der Waals surface area contributed by atoms with Crippen molar-refractivity contribution in [2.75, 3.05) is 0 Å². The lowest BCUT2D eigenvalue weighted by atomic mass is 10.3. The molecular weight excluding hydrogens is 285 g/mol. The zero-order chi connectivity index (χ0) is 15.3. The van der Waals surface area contributed by atoms with Crippen LogP contribution in [0.25, 0.3) is 10.4 Å². The van der Waals surface area contributed by atoms with Gasteiger partial charge >= 0.3 is 12.1 Å². The molecule has 1 atom stereocenters. The summed E-state index contributed by atoms with van der Waals surface area (Å²) in [6.45, 7) is 0. The van der Waals surface area contributed by atoms with Crippen molar-refractivity contribution < 1.29 is 27.6 Å². The molecule has 0 N–H and O–H groups in total. The highest BCUT2D eigenvalue weighted by atomic mass is 19.4. The Bertz CT molecular complexity index is 566. The number of hydrogen-bond acceptors (Lipinski definition) is 5. The van der Waals surface area contributed by atoms with E-state index in [1.165, 1.54) is 0 Å². The fraction of sp³-hybridized carbons (Fsp3) is 0.222. The van der Waals surface area contributed by atoms with Gasteiger partial charge in [0.05, 0.1) is 4.92 Å². The van der Waals surface area contributed by atoms with Gasteiger partial charge in [-0.25, -0.2) is 0 Å². The van der Waals surface area contributed by atoms with E-state index in [0.29, 0.717) is 0 Å². The predicted molar refractivity (Wildman–Crippen MR) is 57.7 cm³/mol. The Hall–Kier alpha value is -2.81. The lowest BCUT2D eigenvalue weighted by Gasteiger charge is -2.13. The fourth-order valence-electron chi connectivity index (χ4n) is 1.11. The number of esters is 1. The monoisotopic (exact) mass is 290 g/mol. The van der Waals surface area contributed by atoms with Crippen LogP contribution in [0.4, 0.5) is 18.9 Å². The van der Waals surface area contributed by atoms with E-state index in [4.69, 9.17) is 5.53 Å². The molecule has 0 aliphatic carbocycles. The zero-order valence-corrected chi connectivity index (χ0v) is 9.44. The molecule has 0 radical (unpaired) electrons. The molecule has 0 aliphatic rings. The molecule has 0 saturated carbocycles. The molecule has 106 valence electrons. The molecule has 0 fully saturated rings. The van der Waals surface area contributed by atoms with Gasteiger partial charge in [0.25, 0.3) is 5.69 Å². The largest absolute Gasteiger partial charge is 0.426 e. The summed E-state index contributed by atoms with van der Waals surface area (Å²) in [5.41, 5.74) is 7.66. The Kier molecular flexibility index (Phi) is 4.49. The van der Waals surface area contributed by atoms with Crippen molar-refractivity contribution in [2.45, 2.75) is 12.2 Å². The number of carbonyl (C=O) groups is 1. The van der Waals surface area contributed by atoms with Crippen molar-refractivity contribution >= 4 is 11.7 Å². The first kappa shape index (κ1) is 15.2. The van der Waals surface area contributed by atoms with Crippen molar-refractivity contribution in [2.24, 2.45) is 5.11 Å². The van der Waals surface area contributed by atoms with Gasteiger partial charge in [-0.15, -0.1) is 0 Å². The molecule has 1 rings (SSSR count). The van der Waals surface area contributed by atoms with Gasteiger partial charge in [0, 0.05) is 17.0 Å². The maximum Gasteiger partial charge on any atom is 0.408 e. The molecule has 0 aromatic heterocycles. The van der Waals surface area contributed by atoms with Crippen LogP contribution in [-0.4, -0.2) is 23.1 Å². The Balaban J connectivity index is 2.88. The van der Waals surface area contributed by atoms with Crippen LogP contribution in [0.1, 0.15) is 0 Å². The van der Waals surface area contributed by atoms with Gasteiger partial charge in [0.1, 0.15) is 5.75 Å². The molecule has 0 amide bonds. The normalized spacial score (nSPS) is 12.2. The summed E-state index contributed by atoms with van der Waals surface area (Å²) in [5, 5.41) is 12.7. The second kappa shape index (κ2) is 5.89. The Morgan fingerprint density at radius 2 is 1.95 bits per heavy atom. The van der Waals surface area contributed by atoms with E-state index in [0.717, 1.165) is 24.3 Å². The van der Waals surface area contributed by atoms with E-state index >= 15 is 0 Å². The highest BCUT2D eigenvalue weighted by molar-refractivity contribution is 5.79. The summed E-state index contributed by atoms with van der Waals surface area (Å²) in [5.74, 6) is -2.17. The summed E-state index contributed by atoms with van der Waals surface area (Å²) in [7, 11) is 0. The maximum absolute atomic E-state index is 12.4. The van der Waals surface area contributed by atoms with Gasteiger partial charge < -0.3 is 4.74 Å². The maximum atomic E-state index is 12.4. The summed E-state index contributed by atoms with van der Waals surface area (Å²) in [6, 6.07) is 0.791. The molecular formula is C9H5F3N4O4. The summed E-state index contributed by atoms with van der Waals surface area (Å²) in [4.78, 5) is 22.8. The molecule has 0 heterocycles. The number of nitro groups is 1. The van der Waals surface area contributed by atoms with Gasteiger partial charge in [0.2, 0.25) is 6.04 Å². The minimum absolute atomic E-state index is 0.327. The van der Waals surface area contributed by atoms with Gasteiger partial charge in [-0.3, -0.25) is 14.9 Å². The van der Waals surface area contributed by atoms with Gasteiger partial charge in [-0.2, -0.15) is 13.2 Å². The van der Waals surface area contributed by atoms with Crippen LogP contribution >= 0.6 is 0 Å². The average Bonchev–Trinajstić information content (AvgIpc) is 2.35. The summed E-state index contributed by atoms with van der Waals surface area (Å²) < 4.78 is 41.5. The van der Waals surface area contributed by atoms with Crippen LogP contribution in [0.2, 0.25) is 0 Å². The Labute approximate surface area is 108 Å². The molecule has 0 bridgehead atoms. The van der Waals surface area contributed by atoms with Crippen molar-refractivity contribution in [3.63, 3.8) is 0 Å². The number of non-ortho nitro benzene ring substituents is 1. The first-order chi connectivity index (χ1) is 9.25. The van der Waals surface area contributed by atoms with E-state index in [2.05, 4.69) is 9.85 Å². The third kappa shape index (κ3) is 3.85. The molecule has 0 spiro atoms. The lowest BCUT2D eigenvalue weighted by molar-refractivity contribution is -0.384. The number of rotatable bonds is 4. The summed E-state index contributed by atoms with van der Waals surface area (Å²) in [6.07, 6.45) is -5.09. The number of azide groups is 1. The molecule has 1 unspecified atom stereocenters. The van der Waals surface area contributed by atoms with Gasteiger partial charge in [-0.05, 0) is 17.7 Å². The van der Waals surface area contributed by atoms with E-state index in [9.17, 15) is 28.1 Å². The van der Waals surface area contributed by atoms with E-state index < -0.39 is 23.1 Å². The number of carbonyl (C=O) groups excluding carboxylic acids is 1. The minimum Gasteiger partial charge on any atom is -0.426 e. The number of nitro benzene ring substituents is 1. The van der Waals surface area contributed by atoms with Crippen LogP contribution in [0, 0.1) is 10.1 Å². The zero-order valence-electron chi connectivity index (χ0n) is 9.44. The van der Waals surface area contributed by atoms with Crippen LogP contribution in [-0.2, 0) is 4.79 Å². The first-order valence-corrected chi connectivity index (χ1v) is 4.82. The lowest BCUT2D eigenvalue weighted by Crippen LogP contribution is -2.37. The smallest absolute Gasteiger partial charge is 0.408 e. The third-order valence-corrected chi connectivity index (χ3v) is 1.97. The first-order valence-electron chi connectivity index (χ1n) is 4.82. The number of nitrogens with zero attached hydrogens (tertiary/aromatic N) is 4. The van der Waals surface area contributed by atoms with E-state index in [-0.39, 0.29) is 11.4 Å². The third-order valence-electron chi connectivity index (χ3n) is 1.97. The number of alkyl halides is 3. The van der Waals surface area contributed by atoms with Crippen molar-refractivity contribution in [1.29, 1.82) is 0 Å². The fourth-order valence-corrected chi connectivity index (χ4v) is 1.11. The SMILES string of the molecule is [N-]=[N+]=NC(C(=O)Oc1ccc([N+](=O)[O-])cc1)C(F)(F)F. The topological polar surface area (TPSA) is 118 Å². The standard InChI is InChI=1S/C9H5F3N4O4/c10-9(11,12)7(14-15-13)8(17)20-6-3-1-5(2-4-6)16(18)19/h1-4,7H. The van der Waals surface area contributed by atoms with Gasteiger partial charge in [-0.1, -0.05) is 5.11 Å².